The van der Waals surface area contributed by atoms with Crippen molar-refractivity contribution in [2.45, 2.75) is 25.7 Å². The van der Waals surface area contributed by atoms with Gasteiger partial charge in [0, 0.05) is 13.1 Å². The Kier molecular flexibility index (Phi) is 5.53. The summed E-state index contributed by atoms with van der Waals surface area (Å²) >= 11 is 0. The zero-order chi connectivity index (χ0) is 14.2. The van der Waals surface area contributed by atoms with E-state index < -0.39 is 0 Å². The molecule has 0 spiro atoms. The summed E-state index contributed by atoms with van der Waals surface area (Å²) in [5.74, 6) is 0.663. The van der Waals surface area contributed by atoms with Crippen LogP contribution in [0.4, 0.5) is 10.5 Å². The molecule has 0 atom stereocenters. The van der Waals surface area contributed by atoms with E-state index in [9.17, 15) is 4.79 Å². The molecule has 5 nitrogen and oxygen atoms in total. The van der Waals surface area contributed by atoms with Crippen LogP contribution in [-0.2, 0) is 0 Å². The molecule has 0 radical (unpaired) electrons. The summed E-state index contributed by atoms with van der Waals surface area (Å²) in [7, 11) is 0. The van der Waals surface area contributed by atoms with E-state index in [1.54, 1.807) is 6.07 Å². The predicted molar refractivity (Wildman–Crippen MR) is 79.8 cm³/mol. The van der Waals surface area contributed by atoms with Gasteiger partial charge in [-0.15, -0.1) is 0 Å². The van der Waals surface area contributed by atoms with E-state index in [1.165, 1.54) is 12.8 Å². The number of carbonyl (C=O) groups excluding carboxylic acids is 1. The molecule has 3 N–H and O–H groups in total. The van der Waals surface area contributed by atoms with Gasteiger partial charge in [-0.1, -0.05) is 25.0 Å². The molecule has 0 bridgehead atoms. The third kappa shape index (κ3) is 4.33. The molecule has 0 aliphatic carbocycles. The Morgan fingerprint density at radius 1 is 1.20 bits per heavy atom. The molecule has 20 heavy (non-hydrogen) atoms. The number of nitrogens with one attached hydrogen (secondary N) is 1. The zero-order valence-electron chi connectivity index (χ0n) is 11.8. The van der Waals surface area contributed by atoms with E-state index in [2.05, 4.69) is 5.32 Å². The molecule has 0 saturated carbocycles. The smallest absolute Gasteiger partial charge is 0.317 e. The van der Waals surface area contributed by atoms with Crippen LogP contribution in [0.3, 0.4) is 0 Å². The molecule has 2 amide bonds. The van der Waals surface area contributed by atoms with Crippen molar-refractivity contribution in [3.8, 4) is 5.75 Å². The lowest BCUT2D eigenvalue weighted by Gasteiger charge is -2.20. The van der Waals surface area contributed by atoms with Crippen LogP contribution >= 0.6 is 0 Å². The van der Waals surface area contributed by atoms with Crippen LogP contribution in [0.15, 0.2) is 24.3 Å². The quantitative estimate of drug-likeness (QED) is 0.655. The van der Waals surface area contributed by atoms with E-state index in [1.807, 2.05) is 23.1 Å². The van der Waals surface area contributed by atoms with Crippen LogP contribution < -0.4 is 15.8 Å². The largest absolute Gasteiger partial charge is 0.490 e. The monoisotopic (exact) mass is 277 g/mol. The van der Waals surface area contributed by atoms with Crippen LogP contribution in [0.1, 0.15) is 25.7 Å². The Labute approximate surface area is 120 Å². The third-order valence-corrected chi connectivity index (χ3v) is 3.45. The summed E-state index contributed by atoms with van der Waals surface area (Å²) in [5.41, 5.74) is 6.39. The van der Waals surface area contributed by atoms with E-state index in [4.69, 9.17) is 10.5 Å². The number of anilines is 1. The highest BCUT2D eigenvalue weighted by Crippen LogP contribution is 2.19. The van der Waals surface area contributed by atoms with Crippen LogP contribution in [0.5, 0.6) is 5.75 Å². The first-order valence-electron chi connectivity index (χ1n) is 7.27. The van der Waals surface area contributed by atoms with Crippen molar-refractivity contribution in [1.29, 1.82) is 0 Å². The van der Waals surface area contributed by atoms with Gasteiger partial charge in [0.2, 0.25) is 0 Å². The van der Waals surface area contributed by atoms with Crippen LogP contribution in [-0.4, -0.2) is 37.2 Å². The number of rotatable bonds is 4. The molecule has 1 saturated heterocycles. The van der Waals surface area contributed by atoms with Gasteiger partial charge in [-0.3, -0.25) is 0 Å². The highest BCUT2D eigenvalue weighted by atomic mass is 16.5. The molecule has 110 valence electrons. The first-order chi connectivity index (χ1) is 9.77. The summed E-state index contributed by atoms with van der Waals surface area (Å²) in [4.78, 5) is 13.9. The predicted octanol–water partition coefficient (Wildman–Crippen LogP) is 2.23. The number of para-hydroxylation sites is 2. The molecule has 1 aromatic rings. The lowest BCUT2D eigenvalue weighted by Crippen LogP contribution is -2.41. The minimum absolute atomic E-state index is 0.0107. The molecule has 1 heterocycles. The van der Waals surface area contributed by atoms with Crippen molar-refractivity contribution in [3.63, 3.8) is 0 Å². The number of ether oxygens (including phenoxy) is 1. The van der Waals surface area contributed by atoms with E-state index >= 15 is 0 Å². The molecule has 1 aliphatic rings. The lowest BCUT2D eigenvalue weighted by atomic mass is 10.2. The number of likely N-dealkylation sites (tertiary alicyclic amines) is 1. The van der Waals surface area contributed by atoms with Crippen molar-refractivity contribution in [2.24, 2.45) is 0 Å². The van der Waals surface area contributed by atoms with Crippen LogP contribution in [0.2, 0.25) is 0 Å². The van der Waals surface area contributed by atoms with Crippen LogP contribution in [0.25, 0.3) is 0 Å². The van der Waals surface area contributed by atoms with Gasteiger partial charge in [0.05, 0.1) is 12.2 Å². The second-order valence-corrected chi connectivity index (χ2v) is 5.02. The fraction of sp³-hybridized carbons (Fsp3) is 0.533. The number of hydrogen-bond donors (Lipinski definition) is 2. The maximum absolute atomic E-state index is 12.0. The summed E-state index contributed by atoms with van der Waals surface area (Å²) in [6.07, 6.45) is 4.65. The fourth-order valence-electron chi connectivity index (χ4n) is 2.32. The highest BCUT2D eigenvalue weighted by molar-refractivity contribution is 5.74. The van der Waals surface area contributed by atoms with Crippen molar-refractivity contribution >= 4 is 11.7 Å². The third-order valence-electron chi connectivity index (χ3n) is 3.45. The van der Waals surface area contributed by atoms with Gasteiger partial charge < -0.3 is 20.7 Å². The standard InChI is InChI=1S/C15H23N3O2/c16-13-7-3-4-8-14(13)20-12-9-17-15(19)18-10-5-1-2-6-11-18/h3-4,7-8H,1-2,5-6,9-12,16H2,(H,17,19). The molecular formula is C15H23N3O2. The first-order valence-corrected chi connectivity index (χ1v) is 7.27. The van der Waals surface area contributed by atoms with Gasteiger partial charge in [0.25, 0.3) is 0 Å². The molecule has 0 aromatic heterocycles. The molecule has 1 aromatic carbocycles. The summed E-state index contributed by atoms with van der Waals surface area (Å²) in [6, 6.07) is 7.37. The average Bonchev–Trinajstić information content (AvgIpc) is 2.74. The number of nitrogens with zero attached hydrogens (tertiary/aromatic N) is 1. The molecule has 1 fully saturated rings. The molecule has 1 aliphatic heterocycles. The summed E-state index contributed by atoms with van der Waals surface area (Å²) in [6.45, 7) is 2.63. The Morgan fingerprint density at radius 2 is 1.90 bits per heavy atom. The number of amides is 2. The summed E-state index contributed by atoms with van der Waals surface area (Å²) < 4.78 is 5.54. The second-order valence-electron chi connectivity index (χ2n) is 5.02. The van der Waals surface area contributed by atoms with Gasteiger partial charge >= 0.3 is 6.03 Å². The van der Waals surface area contributed by atoms with E-state index in [0.717, 1.165) is 25.9 Å². The number of nitrogen functional groups attached to an aromatic ring is 1. The Morgan fingerprint density at radius 3 is 2.60 bits per heavy atom. The first kappa shape index (κ1) is 14.5. The summed E-state index contributed by atoms with van der Waals surface area (Å²) in [5, 5.41) is 2.89. The van der Waals surface area contributed by atoms with Crippen LogP contribution in [0, 0.1) is 0 Å². The van der Waals surface area contributed by atoms with Crippen molar-refractivity contribution in [3.05, 3.63) is 24.3 Å². The highest BCUT2D eigenvalue weighted by Gasteiger charge is 2.14. The van der Waals surface area contributed by atoms with Gasteiger partial charge in [-0.2, -0.15) is 0 Å². The molecular weight excluding hydrogens is 254 g/mol. The van der Waals surface area contributed by atoms with Gasteiger partial charge in [-0.25, -0.2) is 4.79 Å². The Balaban J connectivity index is 1.67. The number of urea groups is 1. The zero-order valence-corrected chi connectivity index (χ0v) is 11.8. The normalized spacial score (nSPS) is 15.5. The number of nitrogens with two attached hydrogens (primary N) is 1. The number of hydrogen-bond acceptors (Lipinski definition) is 3. The SMILES string of the molecule is Nc1ccccc1OCCNC(=O)N1CCCCCC1. The van der Waals surface area contributed by atoms with Crippen molar-refractivity contribution in [1.82, 2.24) is 10.2 Å². The average molecular weight is 277 g/mol. The maximum atomic E-state index is 12.0. The maximum Gasteiger partial charge on any atom is 0.317 e. The Bertz CT molecular complexity index is 429. The minimum Gasteiger partial charge on any atom is -0.490 e. The molecule has 0 unspecified atom stereocenters. The molecule has 2 rings (SSSR count). The second kappa shape index (κ2) is 7.62. The van der Waals surface area contributed by atoms with Gasteiger partial charge in [0.15, 0.2) is 0 Å². The van der Waals surface area contributed by atoms with Crippen molar-refractivity contribution < 1.29 is 9.53 Å². The Hall–Kier alpha value is -1.91. The van der Waals surface area contributed by atoms with Gasteiger partial charge in [0.1, 0.15) is 12.4 Å². The fourth-order valence-corrected chi connectivity index (χ4v) is 2.32. The number of carbonyl (C=O) groups is 1. The topological polar surface area (TPSA) is 67.6 Å². The number of benzene rings is 1. The lowest BCUT2D eigenvalue weighted by molar-refractivity contribution is 0.196. The van der Waals surface area contributed by atoms with Gasteiger partial charge in [-0.05, 0) is 25.0 Å². The molecule has 5 heteroatoms. The van der Waals surface area contributed by atoms with Crippen molar-refractivity contribution in [2.75, 3.05) is 32.0 Å². The van der Waals surface area contributed by atoms with E-state index in [-0.39, 0.29) is 6.03 Å². The minimum atomic E-state index is 0.0107. The van der Waals surface area contributed by atoms with E-state index in [0.29, 0.717) is 24.6 Å².